The van der Waals surface area contributed by atoms with Crippen LogP contribution in [0.4, 0.5) is 4.39 Å². The zero-order chi connectivity index (χ0) is 19.1. The number of benzene rings is 1. The summed E-state index contributed by atoms with van der Waals surface area (Å²) in [6.07, 6.45) is 3.64. The Kier molecular flexibility index (Phi) is 7.36. The quantitative estimate of drug-likeness (QED) is 0.710. The first-order valence-electron chi connectivity index (χ1n) is 8.51. The third kappa shape index (κ3) is 4.93. The molecule has 0 aliphatic heterocycles. The molecular formula is C20H25FN4S. The van der Waals surface area contributed by atoms with Crippen LogP contribution in [0.2, 0.25) is 0 Å². The Morgan fingerprint density at radius 3 is 2.58 bits per heavy atom. The van der Waals surface area contributed by atoms with Gasteiger partial charge in [0.25, 0.3) is 0 Å². The number of rotatable bonds is 5. The van der Waals surface area contributed by atoms with E-state index in [0.29, 0.717) is 12.5 Å². The molecule has 0 saturated carbocycles. The zero-order valence-electron chi connectivity index (χ0n) is 15.6. The highest BCUT2D eigenvalue weighted by molar-refractivity contribution is 7.99. The van der Waals surface area contributed by atoms with Gasteiger partial charge in [0.15, 0.2) is 0 Å². The lowest BCUT2D eigenvalue weighted by molar-refractivity contribution is 0.624. The summed E-state index contributed by atoms with van der Waals surface area (Å²) in [4.78, 5) is 9.82. The third-order valence-corrected chi connectivity index (χ3v) is 4.87. The molecule has 0 unspecified atom stereocenters. The van der Waals surface area contributed by atoms with E-state index in [-0.39, 0.29) is 5.82 Å². The smallest absolute Gasteiger partial charge is 0.124 e. The molecule has 0 bridgehead atoms. The number of imidazole rings is 1. The van der Waals surface area contributed by atoms with Crippen LogP contribution in [0.25, 0.3) is 0 Å². The second-order valence-corrected chi connectivity index (χ2v) is 7.07. The molecule has 0 fully saturated rings. The highest BCUT2D eigenvalue weighted by Gasteiger charge is 2.19. The first-order valence-corrected chi connectivity index (χ1v) is 9.33. The van der Waals surface area contributed by atoms with Crippen LogP contribution in [0, 0.1) is 12.7 Å². The van der Waals surface area contributed by atoms with Gasteiger partial charge in [-0.3, -0.25) is 4.98 Å². The molecule has 1 aromatic carbocycles. The van der Waals surface area contributed by atoms with Crippen molar-refractivity contribution in [2.45, 2.75) is 43.2 Å². The molecule has 2 heterocycles. The maximum atomic E-state index is 13.5. The van der Waals surface area contributed by atoms with E-state index in [1.165, 1.54) is 13.1 Å². The van der Waals surface area contributed by atoms with Gasteiger partial charge in [0.05, 0.1) is 12.2 Å². The molecule has 2 N–H and O–H groups in total. The minimum atomic E-state index is -0.221. The van der Waals surface area contributed by atoms with Crippen LogP contribution >= 0.6 is 11.8 Å². The largest absolute Gasteiger partial charge is 0.333 e. The first-order chi connectivity index (χ1) is 12.5. The Hall–Kier alpha value is -2.18. The summed E-state index contributed by atoms with van der Waals surface area (Å²) in [5.74, 6) is 1.04. The van der Waals surface area contributed by atoms with Gasteiger partial charge in [-0.1, -0.05) is 37.7 Å². The molecule has 0 saturated heterocycles. The summed E-state index contributed by atoms with van der Waals surface area (Å²) >= 11 is 1.56. The molecule has 3 rings (SSSR count). The van der Waals surface area contributed by atoms with Crippen molar-refractivity contribution in [3.63, 3.8) is 0 Å². The monoisotopic (exact) mass is 372 g/mol. The van der Waals surface area contributed by atoms with Crippen LogP contribution in [0.15, 0.2) is 58.7 Å². The van der Waals surface area contributed by atoms with Crippen molar-refractivity contribution in [1.29, 1.82) is 0 Å². The molecule has 2 aromatic heterocycles. The van der Waals surface area contributed by atoms with Crippen LogP contribution in [0.1, 0.15) is 36.8 Å². The predicted octanol–water partition coefficient (Wildman–Crippen LogP) is 4.62. The van der Waals surface area contributed by atoms with Crippen molar-refractivity contribution in [2.24, 2.45) is 5.73 Å². The third-order valence-electron chi connectivity index (χ3n) is 3.76. The van der Waals surface area contributed by atoms with Crippen LogP contribution < -0.4 is 5.73 Å². The lowest BCUT2D eigenvalue weighted by Gasteiger charge is -2.12. The van der Waals surface area contributed by atoms with Gasteiger partial charge in [-0.05, 0) is 49.7 Å². The van der Waals surface area contributed by atoms with E-state index in [2.05, 4.69) is 35.2 Å². The molecule has 0 spiro atoms. The van der Waals surface area contributed by atoms with E-state index in [9.17, 15) is 4.39 Å². The number of hydrogen-bond donors (Lipinski definition) is 1. The van der Waals surface area contributed by atoms with E-state index in [0.717, 1.165) is 27.0 Å². The molecular weight excluding hydrogens is 347 g/mol. The molecule has 138 valence electrons. The second kappa shape index (κ2) is 9.50. The van der Waals surface area contributed by atoms with Crippen molar-refractivity contribution in [1.82, 2.24) is 14.5 Å². The van der Waals surface area contributed by atoms with E-state index < -0.39 is 0 Å². The maximum absolute atomic E-state index is 13.5. The number of nitrogens with zero attached hydrogens (tertiary/aromatic N) is 3. The molecule has 3 aromatic rings. The Bertz CT molecular complexity index is 831. The van der Waals surface area contributed by atoms with Crippen molar-refractivity contribution in [3.8, 4) is 0 Å². The van der Waals surface area contributed by atoms with Crippen LogP contribution in [0.3, 0.4) is 0 Å². The number of aryl methyl sites for hydroxylation is 1. The zero-order valence-corrected chi connectivity index (χ0v) is 16.4. The summed E-state index contributed by atoms with van der Waals surface area (Å²) in [5, 5.41) is 1.07. The molecule has 26 heavy (non-hydrogen) atoms. The Morgan fingerprint density at radius 1 is 1.19 bits per heavy atom. The first kappa shape index (κ1) is 20.1. The Labute approximate surface area is 158 Å². The molecule has 0 amide bonds. The summed E-state index contributed by atoms with van der Waals surface area (Å²) in [7, 11) is 1.50. The summed E-state index contributed by atoms with van der Waals surface area (Å²) in [5.41, 5.74) is 6.67. The van der Waals surface area contributed by atoms with Crippen molar-refractivity contribution >= 4 is 11.8 Å². The van der Waals surface area contributed by atoms with Gasteiger partial charge < -0.3 is 10.3 Å². The van der Waals surface area contributed by atoms with Crippen molar-refractivity contribution in [2.75, 3.05) is 7.05 Å². The lowest BCUT2D eigenvalue weighted by atomic mass is 10.1. The average molecular weight is 373 g/mol. The summed E-state index contributed by atoms with van der Waals surface area (Å²) in [6.45, 7) is 6.98. The number of aromatic nitrogens is 3. The highest BCUT2D eigenvalue weighted by Crippen LogP contribution is 2.35. The molecule has 4 nitrogen and oxygen atoms in total. The number of pyridine rings is 1. The SMILES string of the molecule is CN.Cc1nc(C(C)C)c(Sc2cccc(F)c2)n1Cc1cccnc1. The maximum Gasteiger partial charge on any atom is 0.124 e. The number of halogens is 1. The highest BCUT2D eigenvalue weighted by atomic mass is 32.2. The fourth-order valence-electron chi connectivity index (χ4n) is 2.55. The van der Waals surface area contributed by atoms with Gasteiger partial charge >= 0.3 is 0 Å². The van der Waals surface area contributed by atoms with Gasteiger partial charge in [-0.2, -0.15) is 0 Å². The van der Waals surface area contributed by atoms with Gasteiger partial charge in [0.1, 0.15) is 16.7 Å². The van der Waals surface area contributed by atoms with E-state index in [1.54, 1.807) is 30.1 Å². The van der Waals surface area contributed by atoms with Gasteiger partial charge in [-0.15, -0.1) is 0 Å². The summed E-state index contributed by atoms with van der Waals surface area (Å²) < 4.78 is 15.7. The summed E-state index contributed by atoms with van der Waals surface area (Å²) in [6, 6.07) is 10.7. The molecule has 0 radical (unpaired) electrons. The lowest BCUT2D eigenvalue weighted by Crippen LogP contribution is -2.04. The average Bonchev–Trinajstić information content (AvgIpc) is 2.94. The Morgan fingerprint density at radius 2 is 1.96 bits per heavy atom. The van der Waals surface area contributed by atoms with Crippen molar-refractivity contribution < 1.29 is 4.39 Å². The molecule has 6 heteroatoms. The fourth-order valence-corrected chi connectivity index (χ4v) is 3.79. The number of hydrogen-bond acceptors (Lipinski definition) is 4. The minimum Gasteiger partial charge on any atom is -0.333 e. The number of nitrogens with two attached hydrogens (primary N) is 1. The van der Waals surface area contributed by atoms with Crippen LogP contribution in [-0.4, -0.2) is 21.6 Å². The van der Waals surface area contributed by atoms with E-state index >= 15 is 0 Å². The van der Waals surface area contributed by atoms with E-state index in [1.807, 2.05) is 25.3 Å². The fraction of sp³-hybridized carbons (Fsp3) is 0.300. The van der Waals surface area contributed by atoms with Gasteiger partial charge in [0, 0.05) is 17.3 Å². The predicted molar refractivity (Wildman–Crippen MR) is 105 cm³/mol. The van der Waals surface area contributed by atoms with Gasteiger partial charge in [0.2, 0.25) is 0 Å². The van der Waals surface area contributed by atoms with E-state index in [4.69, 9.17) is 4.98 Å². The van der Waals surface area contributed by atoms with Crippen LogP contribution in [-0.2, 0) is 6.54 Å². The minimum absolute atomic E-state index is 0.221. The standard InChI is InChI=1S/C19H20FN3S.CH5N/c1-13(2)18-19(24-17-8-4-7-16(20)10-17)23(14(3)22-18)12-15-6-5-9-21-11-15;1-2/h4-11,13H,12H2,1-3H3;2H2,1H3. The van der Waals surface area contributed by atoms with Gasteiger partial charge in [-0.25, -0.2) is 9.37 Å². The topological polar surface area (TPSA) is 56.7 Å². The second-order valence-electron chi connectivity index (χ2n) is 6.01. The normalized spacial score (nSPS) is 10.6. The van der Waals surface area contributed by atoms with Crippen molar-refractivity contribution in [3.05, 3.63) is 71.7 Å². The van der Waals surface area contributed by atoms with Crippen LogP contribution in [0.5, 0.6) is 0 Å². The molecule has 0 aliphatic carbocycles. The molecule has 0 aliphatic rings. The Balaban J connectivity index is 0.00000117. The molecule has 0 atom stereocenters.